The number of nitrogens with zero attached hydrogens (tertiary/aromatic N) is 1. The molecule has 100 valence electrons. The fourth-order valence-corrected chi connectivity index (χ4v) is 2.14. The number of piperidine rings is 1. The quantitative estimate of drug-likeness (QED) is 0.665. The number of primary amides is 1. The van der Waals surface area contributed by atoms with E-state index in [4.69, 9.17) is 15.2 Å². The van der Waals surface area contributed by atoms with Gasteiger partial charge < -0.3 is 15.2 Å². The molecule has 0 bridgehead atoms. The van der Waals surface area contributed by atoms with Crippen molar-refractivity contribution in [3.63, 3.8) is 0 Å². The number of carbonyl (C=O) groups excluding carboxylic acids is 1. The van der Waals surface area contributed by atoms with Gasteiger partial charge >= 0.3 is 0 Å². The Morgan fingerprint density at radius 3 is 2.24 bits per heavy atom. The van der Waals surface area contributed by atoms with Crippen LogP contribution in [0.15, 0.2) is 0 Å². The number of hydrogen-bond acceptors (Lipinski definition) is 4. The molecule has 1 aliphatic rings. The number of nitrogens with two attached hydrogens (primary N) is 1. The number of hydrogen-bond donors (Lipinski definition) is 1. The van der Waals surface area contributed by atoms with Crippen molar-refractivity contribution in [1.29, 1.82) is 0 Å². The van der Waals surface area contributed by atoms with E-state index in [-0.39, 0.29) is 18.1 Å². The number of amides is 1. The van der Waals surface area contributed by atoms with Crippen LogP contribution in [0.5, 0.6) is 0 Å². The summed E-state index contributed by atoms with van der Waals surface area (Å²) in [4.78, 5) is 13.3. The molecule has 1 aliphatic heterocycles. The van der Waals surface area contributed by atoms with Crippen molar-refractivity contribution >= 4 is 5.91 Å². The average Bonchev–Trinajstić information content (AvgIpc) is 2.30. The molecule has 0 aliphatic carbocycles. The predicted molar refractivity (Wildman–Crippen MR) is 65.4 cm³/mol. The standard InChI is InChI=1S/C12H24N2O3/c1-3-16-11(17-4-2)9-14-7-5-10(6-8-14)12(13)15/h10-11H,3-9H2,1-2H3,(H2,13,15). The molecule has 1 amide bonds. The summed E-state index contributed by atoms with van der Waals surface area (Å²) in [6.07, 6.45) is 1.54. The lowest BCUT2D eigenvalue weighted by molar-refractivity contribution is -0.149. The maximum atomic E-state index is 11.0. The van der Waals surface area contributed by atoms with E-state index in [1.807, 2.05) is 13.8 Å². The van der Waals surface area contributed by atoms with Crippen LogP contribution in [0.25, 0.3) is 0 Å². The first-order valence-electron chi connectivity index (χ1n) is 6.42. The number of carbonyl (C=O) groups is 1. The molecule has 0 unspecified atom stereocenters. The van der Waals surface area contributed by atoms with Crippen LogP contribution in [0, 0.1) is 5.92 Å². The summed E-state index contributed by atoms with van der Waals surface area (Å²) in [5, 5.41) is 0. The van der Waals surface area contributed by atoms with Gasteiger partial charge in [0, 0.05) is 25.7 Å². The third-order valence-electron chi connectivity index (χ3n) is 3.10. The van der Waals surface area contributed by atoms with Gasteiger partial charge in [-0.05, 0) is 39.8 Å². The van der Waals surface area contributed by atoms with Crippen LogP contribution in [0.3, 0.4) is 0 Å². The van der Waals surface area contributed by atoms with Crippen molar-refractivity contribution in [3.05, 3.63) is 0 Å². The molecule has 0 spiro atoms. The zero-order valence-corrected chi connectivity index (χ0v) is 10.9. The highest BCUT2D eigenvalue weighted by atomic mass is 16.7. The summed E-state index contributed by atoms with van der Waals surface area (Å²) in [5.74, 6) is -0.125. The maximum Gasteiger partial charge on any atom is 0.220 e. The molecule has 0 saturated carbocycles. The van der Waals surface area contributed by atoms with Crippen LogP contribution in [0.1, 0.15) is 26.7 Å². The number of likely N-dealkylation sites (tertiary alicyclic amines) is 1. The van der Waals surface area contributed by atoms with Crippen LogP contribution >= 0.6 is 0 Å². The van der Waals surface area contributed by atoms with Gasteiger partial charge in [-0.2, -0.15) is 0 Å². The molecule has 0 aromatic rings. The molecular weight excluding hydrogens is 220 g/mol. The largest absolute Gasteiger partial charge is 0.369 e. The van der Waals surface area contributed by atoms with E-state index in [1.54, 1.807) is 0 Å². The highest BCUT2D eigenvalue weighted by molar-refractivity contribution is 5.76. The van der Waals surface area contributed by atoms with Gasteiger partial charge in [0.15, 0.2) is 6.29 Å². The van der Waals surface area contributed by atoms with Crippen molar-refractivity contribution < 1.29 is 14.3 Å². The van der Waals surface area contributed by atoms with Crippen molar-refractivity contribution in [2.45, 2.75) is 33.0 Å². The normalized spacial score (nSPS) is 18.8. The zero-order chi connectivity index (χ0) is 12.7. The minimum atomic E-state index is -0.171. The molecule has 5 heteroatoms. The molecule has 0 aromatic heterocycles. The fourth-order valence-electron chi connectivity index (χ4n) is 2.14. The third-order valence-corrected chi connectivity index (χ3v) is 3.10. The first-order valence-corrected chi connectivity index (χ1v) is 6.42. The minimum absolute atomic E-state index is 0.0453. The van der Waals surface area contributed by atoms with Gasteiger partial charge in [-0.15, -0.1) is 0 Å². The monoisotopic (exact) mass is 244 g/mol. The molecule has 1 rings (SSSR count). The third kappa shape index (κ3) is 5.02. The van der Waals surface area contributed by atoms with Gasteiger partial charge in [-0.25, -0.2) is 0 Å². The van der Waals surface area contributed by atoms with Crippen molar-refractivity contribution in [2.75, 3.05) is 32.8 Å². The molecule has 0 atom stereocenters. The predicted octanol–water partition coefficient (Wildman–Crippen LogP) is 0.583. The average molecular weight is 244 g/mol. The van der Waals surface area contributed by atoms with Crippen molar-refractivity contribution in [2.24, 2.45) is 11.7 Å². The summed E-state index contributed by atoms with van der Waals surface area (Å²) >= 11 is 0. The SMILES string of the molecule is CCOC(CN1CCC(C(N)=O)CC1)OCC. The maximum absolute atomic E-state index is 11.0. The molecular formula is C12H24N2O3. The lowest BCUT2D eigenvalue weighted by Crippen LogP contribution is -2.43. The molecule has 0 aromatic carbocycles. The van der Waals surface area contributed by atoms with Gasteiger partial charge in [0.05, 0.1) is 0 Å². The second kappa shape index (κ2) is 7.63. The van der Waals surface area contributed by atoms with E-state index in [2.05, 4.69) is 4.90 Å². The van der Waals surface area contributed by atoms with Gasteiger partial charge in [0.1, 0.15) is 0 Å². The summed E-state index contributed by atoms with van der Waals surface area (Å²) in [5.41, 5.74) is 5.30. The Kier molecular flexibility index (Phi) is 6.47. The van der Waals surface area contributed by atoms with E-state index in [0.717, 1.165) is 32.5 Å². The smallest absolute Gasteiger partial charge is 0.220 e. The molecule has 1 heterocycles. The van der Waals surface area contributed by atoms with Gasteiger partial charge in [-0.3, -0.25) is 9.69 Å². The molecule has 5 nitrogen and oxygen atoms in total. The van der Waals surface area contributed by atoms with Crippen LogP contribution in [0.4, 0.5) is 0 Å². The molecule has 1 saturated heterocycles. The first kappa shape index (κ1) is 14.4. The Balaban J connectivity index is 2.30. The molecule has 1 fully saturated rings. The Labute approximate surface area is 103 Å². The van der Waals surface area contributed by atoms with Crippen molar-refractivity contribution in [1.82, 2.24) is 4.90 Å². The Hall–Kier alpha value is -0.650. The van der Waals surface area contributed by atoms with E-state index >= 15 is 0 Å². The summed E-state index contributed by atoms with van der Waals surface area (Å²) in [6, 6.07) is 0. The summed E-state index contributed by atoms with van der Waals surface area (Å²) in [7, 11) is 0. The lowest BCUT2D eigenvalue weighted by atomic mass is 9.96. The molecule has 17 heavy (non-hydrogen) atoms. The summed E-state index contributed by atoms with van der Waals surface area (Å²) < 4.78 is 11.0. The Morgan fingerprint density at radius 2 is 1.82 bits per heavy atom. The second-order valence-electron chi connectivity index (χ2n) is 4.32. The Morgan fingerprint density at radius 1 is 1.29 bits per heavy atom. The van der Waals surface area contributed by atoms with E-state index in [1.165, 1.54) is 0 Å². The van der Waals surface area contributed by atoms with Gasteiger partial charge in [-0.1, -0.05) is 0 Å². The van der Waals surface area contributed by atoms with Crippen LogP contribution in [-0.4, -0.2) is 49.9 Å². The minimum Gasteiger partial charge on any atom is -0.369 e. The van der Waals surface area contributed by atoms with Crippen LogP contribution < -0.4 is 5.73 Å². The fraction of sp³-hybridized carbons (Fsp3) is 0.917. The van der Waals surface area contributed by atoms with E-state index in [9.17, 15) is 4.79 Å². The van der Waals surface area contributed by atoms with Gasteiger partial charge in [0.25, 0.3) is 0 Å². The van der Waals surface area contributed by atoms with E-state index < -0.39 is 0 Å². The number of rotatable bonds is 7. The highest BCUT2D eigenvalue weighted by Crippen LogP contribution is 2.17. The molecule has 0 radical (unpaired) electrons. The molecule has 2 N–H and O–H groups in total. The summed E-state index contributed by atoms with van der Waals surface area (Å²) in [6.45, 7) is 7.79. The second-order valence-corrected chi connectivity index (χ2v) is 4.32. The van der Waals surface area contributed by atoms with Crippen LogP contribution in [-0.2, 0) is 14.3 Å². The van der Waals surface area contributed by atoms with Crippen molar-refractivity contribution in [3.8, 4) is 0 Å². The first-order chi connectivity index (χ1) is 8.17. The lowest BCUT2D eigenvalue weighted by Gasteiger charge is -2.32. The number of ether oxygens (including phenoxy) is 2. The highest BCUT2D eigenvalue weighted by Gasteiger charge is 2.24. The van der Waals surface area contributed by atoms with Gasteiger partial charge in [0.2, 0.25) is 5.91 Å². The topological polar surface area (TPSA) is 64.8 Å². The Bertz CT molecular complexity index is 222. The zero-order valence-electron chi connectivity index (χ0n) is 10.9. The van der Waals surface area contributed by atoms with E-state index in [0.29, 0.717) is 13.2 Å². The van der Waals surface area contributed by atoms with Crippen LogP contribution in [0.2, 0.25) is 0 Å².